The fourth-order valence-corrected chi connectivity index (χ4v) is 3.61. The van der Waals surface area contributed by atoms with Crippen molar-refractivity contribution in [2.75, 3.05) is 32.6 Å². The van der Waals surface area contributed by atoms with E-state index < -0.39 is 23.2 Å². The molecule has 3 rings (SSSR count). The van der Waals surface area contributed by atoms with Crippen molar-refractivity contribution >= 4 is 11.6 Å². The third-order valence-corrected chi connectivity index (χ3v) is 4.91. The van der Waals surface area contributed by atoms with Gasteiger partial charge in [0, 0.05) is 18.9 Å². The van der Waals surface area contributed by atoms with E-state index in [0.29, 0.717) is 11.5 Å². The molecule has 0 radical (unpaired) electrons. The highest BCUT2D eigenvalue weighted by Crippen LogP contribution is 2.31. The second-order valence-corrected chi connectivity index (χ2v) is 6.53. The molecule has 5 nitrogen and oxygen atoms in total. The minimum absolute atomic E-state index is 0.0714. The van der Waals surface area contributed by atoms with Crippen LogP contribution in [0.3, 0.4) is 0 Å². The fourth-order valence-electron chi connectivity index (χ4n) is 3.61. The van der Waals surface area contributed by atoms with Gasteiger partial charge < -0.3 is 19.7 Å². The molecule has 2 aromatic rings. The number of likely N-dealkylation sites (tertiary alicyclic amines) is 1. The Morgan fingerprint density at radius 1 is 1.19 bits per heavy atom. The molecule has 0 saturated carbocycles. The van der Waals surface area contributed by atoms with Crippen LogP contribution in [0.1, 0.15) is 24.4 Å². The van der Waals surface area contributed by atoms with Crippen molar-refractivity contribution in [1.82, 2.24) is 0 Å². The normalized spacial score (nSPS) is 19.0. The molecule has 1 saturated heterocycles. The molecule has 2 N–H and O–H groups in total. The predicted molar refractivity (Wildman–Crippen MR) is 97.2 cm³/mol. The monoisotopic (exact) mass is 377 g/mol. The van der Waals surface area contributed by atoms with Crippen LogP contribution in [0.2, 0.25) is 0 Å². The van der Waals surface area contributed by atoms with Gasteiger partial charge in [0.25, 0.3) is 5.91 Å². The zero-order valence-electron chi connectivity index (χ0n) is 15.4. The Morgan fingerprint density at radius 2 is 1.93 bits per heavy atom. The summed E-state index contributed by atoms with van der Waals surface area (Å²) in [4.78, 5) is 13.4. The van der Waals surface area contributed by atoms with Crippen LogP contribution in [-0.4, -0.2) is 33.2 Å². The van der Waals surface area contributed by atoms with Gasteiger partial charge in [0.15, 0.2) is 6.54 Å². The molecular weight excluding hydrogens is 354 g/mol. The number of benzene rings is 2. The Hall–Kier alpha value is -2.67. The first-order valence-electron chi connectivity index (χ1n) is 8.84. The van der Waals surface area contributed by atoms with E-state index in [1.54, 1.807) is 14.2 Å². The first kappa shape index (κ1) is 19.1. The van der Waals surface area contributed by atoms with E-state index in [-0.39, 0.29) is 12.6 Å². The highest BCUT2D eigenvalue weighted by atomic mass is 19.1. The number of carbonyl (C=O) groups is 1. The van der Waals surface area contributed by atoms with Crippen LogP contribution < -0.4 is 19.7 Å². The number of quaternary nitrogens is 1. The number of ether oxygens (including phenoxy) is 2. The van der Waals surface area contributed by atoms with Gasteiger partial charge in [-0.1, -0.05) is 6.07 Å². The Kier molecular flexibility index (Phi) is 5.91. The summed E-state index contributed by atoms with van der Waals surface area (Å²) in [6, 6.07) is 9.20. The molecule has 1 aliphatic heterocycles. The maximum absolute atomic E-state index is 13.7. The Morgan fingerprint density at radius 3 is 2.59 bits per heavy atom. The van der Waals surface area contributed by atoms with Gasteiger partial charge in [0.2, 0.25) is 0 Å². The summed E-state index contributed by atoms with van der Waals surface area (Å²) in [6.07, 6.45) is 1.86. The van der Waals surface area contributed by atoms with E-state index in [1.165, 1.54) is 6.07 Å². The highest BCUT2D eigenvalue weighted by Gasteiger charge is 2.34. The highest BCUT2D eigenvalue weighted by molar-refractivity contribution is 5.91. The summed E-state index contributed by atoms with van der Waals surface area (Å²) < 4.78 is 38.2. The molecule has 7 heteroatoms. The molecule has 1 fully saturated rings. The first-order valence-corrected chi connectivity index (χ1v) is 8.84. The van der Waals surface area contributed by atoms with E-state index in [2.05, 4.69) is 5.32 Å². The number of carbonyl (C=O) groups excluding carboxylic acids is 1. The first-order chi connectivity index (χ1) is 13.0. The van der Waals surface area contributed by atoms with Crippen molar-refractivity contribution in [2.24, 2.45) is 0 Å². The van der Waals surface area contributed by atoms with E-state index in [9.17, 15) is 13.6 Å². The van der Waals surface area contributed by atoms with Crippen molar-refractivity contribution in [1.29, 1.82) is 0 Å². The summed E-state index contributed by atoms with van der Waals surface area (Å²) in [6.45, 7) is 0.917. The topological polar surface area (TPSA) is 52.0 Å². The van der Waals surface area contributed by atoms with Gasteiger partial charge in [-0.2, -0.15) is 0 Å². The minimum Gasteiger partial charge on any atom is -0.497 e. The molecule has 0 aliphatic carbocycles. The molecule has 2 aromatic carbocycles. The van der Waals surface area contributed by atoms with E-state index in [4.69, 9.17) is 9.47 Å². The van der Waals surface area contributed by atoms with Crippen LogP contribution in [0.5, 0.6) is 11.5 Å². The van der Waals surface area contributed by atoms with E-state index in [0.717, 1.165) is 42.0 Å². The number of hydrogen-bond acceptors (Lipinski definition) is 3. The third-order valence-electron chi connectivity index (χ3n) is 4.91. The van der Waals surface area contributed by atoms with Crippen LogP contribution in [0, 0.1) is 11.6 Å². The van der Waals surface area contributed by atoms with Crippen LogP contribution in [0.4, 0.5) is 14.5 Å². The van der Waals surface area contributed by atoms with Gasteiger partial charge in [0.1, 0.15) is 34.9 Å². The molecule has 2 atom stereocenters. The molecule has 1 heterocycles. The molecule has 1 unspecified atom stereocenters. The van der Waals surface area contributed by atoms with Gasteiger partial charge >= 0.3 is 0 Å². The number of halogens is 2. The summed E-state index contributed by atoms with van der Waals surface area (Å²) in [5, 5.41) is 2.36. The zero-order valence-corrected chi connectivity index (χ0v) is 15.4. The van der Waals surface area contributed by atoms with Gasteiger partial charge in [-0.3, -0.25) is 4.79 Å². The lowest BCUT2D eigenvalue weighted by molar-refractivity contribution is -0.910. The summed E-state index contributed by atoms with van der Waals surface area (Å²) in [5.74, 6) is -0.586. The number of hydrogen-bond donors (Lipinski definition) is 2. The number of anilines is 1. The largest absolute Gasteiger partial charge is 0.497 e. The SMILES string of the molecule is COc1ccc([C@H]2CCC[NH+]2CC(=O)Nc2c(F)cccc2F)c(OC)c1. The number of amides is 1. The molecule has 144 valence electrons. The lowest BCUT2D eigenvalue weighted by Crippen LogP contribution is -3.11. The predicted octanol–water partition coefficient (Wildman–Crippen LogP) is 2.34. The van der Waals surface area contributed by atoms with Gasteiger partial charge in [-0.05, 0) is 24.3 Å². The van der Waals surface area contributed by atoms with E-state index in [1.807, 2.05) is 18.2 Å². The van der Waals surface area contributed by atoms with Crippen LogP contribution in [0.25, 0.3) is 0 Å². The Balaban J connectivity index is 1.74. The molecule has 0 bridgehead atoms. The fraction of sp³-hybridized carbons (Fsp3) is 0.350. The van der Waals surface area contributed by atoms with Gasteiger partial charge in [-0.25, -0.2) is 8.78 Å². The summed E-state index contributed by atoms with van der Waals surface area (Å²) in [5.41, 5.74) is 0.593. The average molecular weight is 377 g/mol. The summed E-state index contributed by atoms with van der Waals surface area (Å²) >= 11 is 0. The van der Waals surface area contributed by atoms with Crippen LogP contribution in [-0.2, 0) is 4.79 Å². The quantitative estimate of drug-likeness (QED) is 0.813. The standard InChI is InChI=1S/C20H22F2N2O3/c1-26-13-8-9-14(18(11-13)27-2)17-7-4-10-24(17)12-19(25)23-20-15(21)5-3-6-16(20)22/h3,5-6,8-9,11,17H,4,7,10,12H2,1-2H3,(H,23,25)/p+1/t17-/m1/s1. The maximum Gasteiger partial charge on any atom is 0.279 e. The van der Waals surface area contributed by atoms with E-state index >= 15 is 0 Å². The van der Waals surface area contributed by atoms with Crippen molar-refractivity contribution in [3.63, 3.8) is 0 Å². The van der Waals surface area contributed by atoms with Crippen molar-refractivity contribution < 1.29 is 27.9 Å². The lowest BCUT2D eigenvalue weighted by Gasteiger charge is -2.23. The van der Waals surface area contributed by atoms with Crippen molar-refractivity contribution in [2.45, 2.75) is 18.9 Å². The smallest absolute Gasteiger partial charge is 0.279 e. The lowest BCUT2D eigenvalue weighted by atomic mass is 10.0. The van der Waals surface area contributed by atoms with Crippen LogP contribution >= 0.6 is 0 Å². The second-order valence-electron chi connectivity index (χ2n) is 6.53. The Labute approximate surface area is 156 Å². The molecule has 1 aliphatic rings. The summed E-state index contributed by atoms with van der Waals surface area (Å²) in [7, 11) is 3.19. The maximum atomic E-state index is 13.7. The average Bonchev–Trinajstić information content (AvgIpc) is 3.12. The number of nitrogens with one attached hydrogen (secondary N) is 2. The molecule has 27 heavy (non-hydrogen) atoms. The minimum atomic E-state index is -0.784. The van der Waals surface area contributed by atoms with Gasteiger partial charge in [-0.15, -0.1) is 0 Å². The number of rotatable bonds is 6. The van der Waals surface area contributed by atoms with Crippen molar-refractivity contribution in [3.8, 4) is 11.5 Å². The number of methoxy groups -OCH3 is 2. The third kappa shape index (κ3) is 4.19. The molecule has 0 aromatic heterocycles. The number of para-hydroxylation sites is 1. The Bertz CT molecular complexity index is 809. The second kappa shape index (κ2) is 8.35. The molecule has 0 spiro atoms. The van der Waals surface area contributed by atoms with Crippen molar-refractivity contribution in [3.05, 3.63) is 53.6 Å². The molecule has 1 amide bonds. The molecular formula is C20H23F2N2O3+. The zero-order chi connectivity index (χ0) is 19.4. The van der Waals surface area contributed by atoms with Gasteiger partial charge in [0.05, 0.1) is 26.3 Å². The van der Waals surface area contributed by atoms with Crippen LogP contribution in [0.15, 0.2) is 36.4 Å².